The van der Waals surface area contributed by atoms with Gasteiger partial charge in [0.2, 0.25) is 11.8 Å². The molecule has 0 spiro atoms. The maximum absolute atomic E-state index is 14.4. The van der Waals surface area contributed by atoms with Crippen molar-refractivity contribution in [3.8, 4) is 0 Å². The molecule has 1 N–H and O–H groups in total. The van der Waals surface area contributed by atoms with Crippen LogP contribution in [-0.4, -0.2) is 62.2 Å². The number of amides is 2. The summed E-state index contributed by atoms with van der Waals surface area (Å²) in [7, 11) is -1.56. The number of rotatable bonds is 11. The van der Waals surface area contributed by atoms with Gasteiger partial charge in [0, 0.05) is 32.2 Å². The van der Waals surface area contributed by atoms with E-state index in [0.29, 0.717) is 6.42 Å². The van der Waals surface area contributed by atoms with E-state index in [1.165, 1.54) is 51.4 Å². The monoisotopic (exact) mass is 510 g/mol. The zero-order chi connectivity index (χ0) is 26.3. The Morgan fingerprint density at radius 1 is 1.00 bits per heavy atom. The smallest absolute Gasteiger partial charge is 0.304 e. The first kappa shape index (κ1) is 28.2. The summed E-state index contributed by atoms with van der Waals surface area (Å²) in [6, 6.07) is 9.30. The van der Waals surface area contributed by atoms with Crippen molar-refractivity contribution in [2.45, 2.75) is 45.8 Å². The molecule has 2 aromatic rings. The molecule has 35 heavy (non-hydrogen) atoms. The molecule has 0 aromatic heterocycles. The molecule has 0 fully saturated rings. The minimum Gasteiger partial charge on any atom is -0.352 e. The molecule has 0 aliphatic rings. The molecule has 2 atom stereocenters. The molecule has 0 saturated carbocycles. The summed E-state index contributed by atoms with van der Waals surface area (Å²) in [6.45, 7) is 4.28. The predicted molar refractivity (Wildman–Crippen MR) is 131 cm³/mol. The highest BCUT2D eigenvalue weighted by atomic mass is 32.2. The van der Waals surface area contributed by atoms with Gasteiger partial charge in [0.25, 0.3) is 0 Å². The van der Waals surface area contributed by atoms with Crippen molar-refractivity contribution in [3.05, 3.63) is 65.7 Å². The number of anilines is 1. The number of hydrogen-bond donors (Lipinski definition) is 1. The standard InChI is InChI=1S/C24H32F2N4O4S/c1-6-17(2)27-24(32)18(3)29(15-19-9-7-8-10-22(19)26)23(31)16-30(35(33,34)28(4)5)21-13-11-20(25)12-14-21/h7-14,17-18H,6,15-16H2,1-5H3,(H,27,32)/t17-,18-/m1/s1. The Kier molecular flexibility index (Phi) is 9.73. The van der Waals surface area contributed by atoms with Crippen molar-refractivity contribution >= 4 is 27.7 Å². The quantitative estimate of drug-likeness (QED) is 0.503. The van der Waals surface area contributed by atoms with Crippen molar-refractivity contribution in [2.24, 2.45) is 0 Å². The molecule has 0 radical (unpaired) electrons. The van der Waals surface area contributed by atoms with Crippen LogP contribution in [0.25, 0.3) is 0 Å². The first-order chi connectivity index (χ1) is 16.4. The van der Waals surface area contributed by atoms with E-state index in [1.807, 2.05) is 13.8 Å². The summed E-state index contributed by atoms with van der Waals surface area (Å²) in [5.74, 6) is -2.31. The summed E-state index contributed by atoms with van der Waals surface area (Å²) < 4.78 is 55.7. The van der Waals surface area contributed by atoms with Gasteiger partial charge in [-0.3, -0.25) is 9.59 Å². The van der Waals surface area contributed by atoms with Crippen LogP contribution < -0.4 is 9.62 Å². The van der Waals surface area contributed by atoms with Gasteiger partial charge in [-0.2, -0.15) is 12.7 Å². The number of benzene rings is 2. The Hall–Kier alpha value is -3.05. The largest absolute Gasteiger partial charge is 0.352 e. The first-order valence-electron chi connectivity index (χ1n) is 11.2. The Labute approximate surface area is 205 Å². The number of nitrogens with zero attached hydrogens (tertiary/aromatic N) is 3. The van der Waals surface area contributed by atoms with Crippen molar-refractivity contribution < 1.29 is 26.8 Å². The SMILES string of the molecule is CC[C@@H](C)NC(=O)[C@@H](C)N(Cc1ccccc1F)C(=O)CN(c1ccc(F)cc1)S(=O)(=O)N(C)C. The summed E-state index contributed by atoms with van der Waals surface area (Å²) in [5.41, 5.74) is 0.240. The van der Waals surface area contributed by atoms with Gasteiger partial charge in [-0.25, -0.2) is 13.1 Å². The van der Waals surface area contributed by atoms with Crippen molar-refractivity contribution in [1.82, 2.24) is 14.5 Å². The fourth-order valence-corrected chi connectivity index (χ4v) is 4.24. The van der Waals surface area contributed by atoms with E-state index < -0.39 is 46.2 Å². The third-order valence-electron chi connectivity index (χ3n) is 5.60. The van der Waals surface area contributed by atoms with E-state index in [4.69, 9.17) is 0 Å². The van der Waals surface area contributed by atoms with Crippen LogP contribution in [0.15, 0.2) is 48.5 Å². The molecular formula is C24H32F2N4O4S. The first-order valence-corrected chi connectivity index (χ1v) is 12.6. The Morgan fingerprint density at radius 2 is 1.60 bits per heavy atom. The maximum atomic E-state index is 14.4. The lowest BCUT2D eigenvalue weighted by Crippen LogP contribution is -2.53. The second-order valence-corrected chi connectivity index (χ2v) is 10.4. The lowest BCUT2D eigenvalue weighted by molar-refractivity contribution is -0.139. The van der Waals surface area contributed by atoms with Gasteiger partial charge in [-0.05, 0) is 50.6 Å². The van der Waals surface area contributed by atoms with Crippen LogP contribution in [0.1, 0.15) is 32.8 Å². The number of carbonyl (C=O) groups is 2. The van der Waals surface area contributed by atoms with Gasteiger partial charge in [-0.1, -0.05) is 25.1 Å². The van der Waals surface area contributed by atoms with Crippen LogP contribution in [0.5, 0.6) is 0 Å². The Bertz CT molecular complexity index is 1130. The van der Waals surface area contributed by atoms with Crippen LogP contribution in [0, 0.1) is 11.6 Å². The van der Waals surface area contributed by atoms with E-state index in [0.717, 1.165) is 25.6 Å². The van der Waals surface area contributed by atoms with E-state index in [9.17, 15) is 26.8 Å². The van der Waals surface area contributed by atoms with Crippen LogP contribution in [-0.2, 0) is 26.3 Å². The normalized spacial score (nSPS) is 13.3. The van der Waals surface area contributed by atoms with Gasteiger partial charge in [-0.15, -0.1) is 0 Å². The molecule has 2 amide bonds. The fourth-order valence-electron chi connectivity index (χ4n) is 3.18. The molecule has 2 rings (SSSR count). The zero-order valence-electron chi connectivity index (χ0n) is 20.5. The van der Waals surface area contributed by atoms with E-state index in [2.05, 4.69) is 5.32 Å². The third kappa shape index (κ3) is 7.22. The number of nitrogens with one attached hydrogen (secondary N) is 1. The van der Waals surface area contributed by atoms with Crippen LogP contribution in [0.4, 0.5) is 14.5 Å². The van der Waals surface area contributed by atoms with E-state index >= 15 is 0 Å². The third-order valence-corrected chi connectivity index (χ3v) is 7.42. The van der Waals surface area contributed by atoms with Gasteiger partial charge >= 0.3 is 10.2 Å². The van der Waals surface area contributed by atoms with Crippen molar-refractivity contribution in [3.63, 3.8) is 0 Å². The molecule has 0 aliphatic heterocycles. The molecule has 0 bridgehead atoms. The van der Waals surface area contributed by atoms with Crippen molar-refractivity contribution in [2.75, 3.05) is 24.9 Å². The lowest BCUT2D eigenvalue weighted by atomic mass is 10.1. The highest BCUT2D eigenvalue weighted by Gasteiger charge is 2.33. The topological polar surface area (TPSA) is 90.0 Å². The van der Waals surface area contributed by atoms with Crippen molar-refractivity contribution in [1.29, 1.82) is 0 Å². The van der Waals surface area contributed by atoms with Crippen LogP contribution >= 0.6 is 0 Å². The summed E-state index contributed by atoms with van der Waals surface area (Å²) >= 11 is 0. The average molecular weight is 511 g/mol. The molecular weight excluding hydrogens is 478 g/mol. The number of carbonyl (C=O) groups excluding carboxylic acids is 2. The van der Waals surface area contributed by atoms with E-state index in [1.54, 1.807) is 6.07 Å². The van der Waals surface area contributed by atoms with Gasteiger partial charge in [0.15, 0.2) is 0 Å². The molecule has 11 heteroatoms. The van der Waals surface area contributed by atoms with E-state index in [-0.39, 0.29) is 23.8 Å². The van der Waals surface area contributed by atoms with Gasteiger partial charge in [0.1, 0.15) is 24.2 Å². The predicted octanol–water partition coefficient (Wildman–Crippen LogP) is 2.91. The van der Waals surface area contributed by atoms with Crippen LogP contribution in [0.3, 0.4) is 0 Å². The molecule has 2 aromatic carbocycles. The highest BCUT2D eigenvalue weighted by molar-refractivity contribution is 7.90. The minimum atomic E-state index is -4.16. The highest BCUT2D eigenvalue weighted by Crippen LogP contribution is 2.21. The second-order valence-electron chi connectivity index (χ2n) is 8.38. The Morgan fingerprint density at radius 3 is 2.14 bits per heavy atom. The minimum absolute atomic E-state index is 0.0657. The number of halogens is 2. The summed E-state index contributed by atoms with van der Waals surface area (Å²) in [5, 5.41) is 2.80. The Balaban J connectivity index is 2.46. The molecule has 0 unspecified atom stereocenters. The average Bonchev–Trinajstić information content (AvgIpc) is 2.81. The molecule has 0 heterocycles. The lowest BCUT2D eigenvalue weighted by Gasteiger charge is -2.33. The molecule has 192 valence electrons. The summed E-state index contributed by atoms with van der Waals surface area (Å²) in [6.07, 6.45) is 0.666. The zero-order valence-corrected chi connectivity index (χ0v) is 21.4. The number of hydrogen-bond acceptors (Lipinski definition) is 4. The maximum Gasteiger partial charge on any atom is 0.304 e. The van der Waals surface area contributed by atoms with Gasteiger partial charge < -0.3 is 10.2 Å². The molecule has 0 aliphatic carbocycles. The van der Waals surface area contributed by atoms with Crippen LogP contribution in [0.2, 0.25) is 0 Å². The fraction of sp³-hybridized carbons (Fsp3) is 0.417. The summed E-state index contributed by atoms with van der Waals surface area (Å²) in [4.78, 5) is 27.5. The second kappa shape index (κ2) is 12.1. The van der Waals surface area contributed by atoms with Gasteiger partial charge in [0.05, 0.1) is 5.69 Å². The molecule has 8 nitrogen and oxygen atoms in total. The molecule has 0 saturated heterocycles.